The maximum absolute atomic E-state index is 13.0. The van der Waals surface area contributed by atoms with Crippen LogP contribution in [0.4, 0.5) is 4.79 Å². The molecule has 5 rings (SSSR count). The van der Waals surface area contributed by atoms with Gasteiger partial charge in [-0.1, -0.05) is 26.8 Å². The quantitative estimate of drug-likeness (QED) is 0.492. The van der Waals surface area contributed by atoms with E-state index in [1.165, 1.54) is 0 Å². The van der Waals surface area contributed by atoms with Gasteiger partial charge in [-0.15, -0.1) is 0 Å². The Morgan fingerprint density at radius 3 is 2.46 bits per heavy atom. The van der Waals surface area contributed by atoms with Crippen LogP contribution in [0.25, 0.3) is 22.4 Å². The van der Waals surface area contributed by atoms with E-state index >= 15 is 0 Å². The largest absolute Gasteiger partial charge is 0.444 e. The maximum atomic E-state index is 13.0. The lowest BCUT2D eigenvalue weighted by Crippen LogP contribution is -2.49. The lowest BCUT2D eigenvalue weighted by Gasteiger charge is -2.35. The van der Waals surface area contributed by atoms with Crippen LogP contribution in [-0.4, -0.2) is 60.8 Å². The van der Waals surface area contributed by atoms with E-state index in [1.807, 2.05) is 56.0 Å². The van der Waals surface area contributed by atoms with Crippen LogP contribution in [0.5, 0.6) is 0 Å². The number of likely N-dealkylation sites (tertiary alicyclic amines) is 2. The van der Waals surface area contributed by atoms with Crippen molar-refractivity contribution in [3.05, 3.63) is 51.9 Å². The molecule has 2 aliphatic heterocycles. The summed E-state index contributed by atoms with van der Waals surface area (Å²) in [6.45, 7) is 14.8. The molecule has 0 saturated carbocycles. The first-order valence-electron chi connectivity index (χ1n) is 13.6. The summed E-state index contributed by atoms with van der Waals surface area (Å²) in [5, 5.41) is 9.85. The summed E-state index contributed by atoms with van der Waals surface area (Å²) in [5.41, 5.74) is 3.80. The van der Waals surface area contributed by atoms with Crippen molar-refractivity contribution >= 4 is 17.3 Å². The number of nitrogens with zero attached hydrogens (tertiary/aromatic N) is 6. The molecule has 2 fully saturated rings. The smallest absolute Gasteiger partial charge is 0.410 e. The monoisotopic (exact) mass is 530 g/mol. The Bertz CT molecular complexity index is 1530. The molecule has 0 spiro atoms. The fourth-order valence-corrected chi connectivity index (χ4v) is 5.77. The molecule has 3 aromatic rings. The Labute approximate surface area is 229 Å². The van der Waals surface area contributed by atoms with E-state index in [0.717, 1.165) is 36.2 Å². The molecule has 39 heavy (non-hydrogen) atoms. The van der Waals surface area contributed by atoms with E-state index in [-0.39, 0.29) is 29.3 Å². The number of aromatic nitrogens is 3. The van der Waals surface area contributed by atoms with E-state index in [0.29, 0.717) is 30.0 Å². The number of rotatable bonds is 4. The predicted molar refractivity (Wildman–Crippen MR) is 150 cm³/mol. The number of pyridine rings is 1. The van der Waals surface area contributed by atoms with E-state index in [4.69, 9.17) is 9.72 Å². The SMILES string of the molecule is Cn1c(=O)n(CC(C)(C)C)c2ccc(-c3cc(CN4C[C@H]5C[C@@H]4CN5C(=O)OC(C)(C)C)ccc3C#N)nc21. The minimum atomic E-state index is -0.504. The number of hydrogen-bond donors (Lipinski definition) is 0. The predicted octanol–water partition coefficient (Wildman–Crippen LogP) is 4.51. The van der Waals surface area contributed by atoms with Crippen LogP contribution in [0.3, 0.4) is 0 Å². The van der Waals surface area contributed by atoms with E-state index in [2.05, 4.69) is 31.7 Å². The highest BCUT2D eigenvalue weighted by molar-refractivity contribution is 5.78. The van der Waals surface area contributed by atoms with Gasteiger partial charge in [-0.05, 0) is 62.4 Å². The van der Waals surface area contributed by atoms with Crippen LogP contribution in [0.1, 0.15) is 59.1 Å². The molecule has 4 heterocycles. The molecule has 206 valence electrons. The molecular weight excluding hydrogens is 492 g/mol. The van der Waals surface area contributed by atoms with E-state index < -0.39 is 5.60 Å². The van der Waals surface area contributed by atoms with Crippen LogP contribution in [0.15, 0.2) is 35.1 Å². The molecule has 0 radical (unpaired) electrons. The molecule has 0 aliphatic carbocycles. The molecular formula is C30H38N6O3. The number of nitriles is 1. The second kappa shape index (κ2) is 9.53. The highest BCUT2D eigenvalue weighted by atomic mass is 16.6. The minimum Gasteiger partial charge on any atom is -0.444 e. The average Bonchev–Trinajstić information content (AvgIpc) is 3.51. The molecule has 1 amide bonds. The number of hydrogen-bond acceptors (Lipinski definition) is 6. The maximum Gasteiger partial charge on any atom is 0.410 e. The van der Waals surface area contributed by atoms with Crippen LogP contribution >= 0.6 is 0 Å². The van der Waals surface area contributed by atoms with Gasteiger partial charge in [0.25, 0.3) is 0 Å². The number of ether oxygens (including phenoxy) is 1. The summed E-state index contributed by atoms with van der Waals surface area (Å²) in [6, 6.07) is 12.5. The van der Waals surface area contributed by atoms with Crippen molar-refractivity contribution in [3.8, 4) is 17.3 Å². The number of fused-ring (bicyclic) bond motifs is 3. The molecule has 9 nitrogen and oxygen atoms in total. The summed E-state index contributed by atoms with van der Waals surface area (Å²) in [4.78, 5) is 34.7. The van der Waals surface area contributed by atoms with Gasteiger partial charge in [-0.25, -0.2) is 14.6 Å². The Hall–Kier alpha value is -3.64. The normalized spacial score (nSPS) is 19.6. The Balaban J connectivity index is 1.39. The highest BCUT2D eigenvalue weighted by Gasteiger charge is 2.46. The number of benzene rings is 1. The fraction of sp³-hybridized carbons (Fsp3) is 0.533. The van der Waals surface area contributed by atoms with Gasteiger partial charge in [0.2, 0.25) is 0 Å². The van der Waals surface area contributed by atoms with Gasteiger partial charge in [0, 0.05) is 50.9 Å². The first kappa shape index (κ1) is 26.9. The number of carbonyl (C=O) groups is 1. The van der Waals surface area contributed by atoms with Gasteiger partial charge in [0.05, 0.1) is 22.8 Å². The van der Waals surface area contributed by atoms with Gasteiger partial charge in [-0.2, -0.15) is 5.26 Å². The standard InChI is InChI=1S/C30H38N6O3/c1-29(2,3)18-36-25-11-10-24(32-26(25)33(7)27(36)37)23-12-19(8-9-20(23)14-31)15-34-16-22-13-21(34)17-35(22)28(38)39-30(4,5)6/h8-12,21-22H,13,15-18H2,1-7H3/t21-,22-/m1/s1. The molecule has 0 unspecified atom stereocenters. The third kappa shape index (κ3) is 5.30. The van der Waals surface area contributed by atoms with E-state index in [1.54, 1.807) is 16.2 Å². The molecule has 9 heteroatoms. The molecule has 2 aromatic heterocycles. The van der Waals surface area contributed by atoms with Crippen LogP contribution < -0.4 is 5.69 Å². The zero-order valence-electron chi connectivity index (χ0n) is 24.0. The Morgan fingerprint density at radius 2 is 1.85 bits per heavy atom. The lowest BCUT2D eigenvalue weighted by molar-refractivity contribution is 0.0124. The van der Waals surface area contributed by atoms with Crippen molar-refractivity contribution in [2.24, 2.45) is 12.5 Å². The van der Waals surface area contributed by atoms with Gasteiger partial charge in [-0.3, -0.25) is 14.0 Å². The number of carbonyl (C=O) groups excluding carboxylic acids is 1. The van der Waals surface area contributed by atoms with Crippen molar-refractivity contribution in [2.75, 3.05) is 13.1 Å². The van der Waals surface area contributed by atoms with Crippen molar-refractivity contribution in [3.63, 3.8) is 0 Å². The third-order valence-electron chi connectivity index (χ3n) is 7.46. The summed E-state index contributed by atoms with van der Waals surface area (Å²) >= 11 is 0. The first-order chi connectivity index (χ1) is 18.2. The summed E-state index contributed by atoms with van der Waals surface area (Å²) in [5.74, 6) is 0. The van der Waals surface area contributed by atoms with Gasteiger partial charge in [0.15, 0.2) is 5.65 Å². The fourth-order valence-electron chi connectivity index (χ4n) is 5.77. The van der Waals surface area contributed by atoms with Gasteiger partial charge >= 0.3 is 11.8 Å². The number of piperazine rings is 1. The van der Waals surface area contributed by atoms with Crippen molar-refractivity contribution < 1.29 is 9.53 Å². The zero-order valence-corrected chi connectivity index (χ0v) is 24.0. The van der Waals surface area contributed by atoms with Crippen LogP contribution in [0.2, 0.25) is 0 Å². The molecule has 0 N–H and O–H groups in total. The highest BCUT2D eigenvalue weighted by Crippen LogP contribution is 2.34. The number of amides is 1. The van der Waals surface area contributed by atoms with Gasteiger partial charge in [0.1, 0.15) is 5.60 Å². The number of imidazole rings is 1. The van der Waals surface area contributed by atoms with Gasteiger partial charge < -0.3 is 9.64 Å². The summed E-state index contributed by atoms with van der Waals surface area (Å²) in [6.07, 6.45) is 0.711. The van der Waals surface area contributed by atoms with Crippen molar-refractivity contribution in [2.45, 2.75) is 78.7 Å². The van der Waals surface area contributed by atoms with E-state index in [9.17, 15) is 14.9 Å². The lowest BCUT2D eigenvalue weighted by atomic mass is 9.97. The van der Waals surface area contributed by atoms with Crippen molar-refractivity contribution in [1.29, 1.82) is 5.26 Å². The third-order valence-corrected chi connectivity index (χ3v) is 7.46. The topological polar surface area (TPSA) is 96.4 Å². The average molecular weight is 531 g/mol. The zero-order chi connectivity index (χ0) is 28.3. The molecule has 2 atom stereocenters. The second-order valence-electron chi connectivity index (χ2n) is 13.1. The molecule has 2 saturated heterocycles. The van der Waals surface area contributed by atoms with Crippen molar-refractivity contribution in [1.82, 2.24) is 23.9 Å². The second-order valence-corrected chi connectivity index (χ2v) is 13.1. The Kier molecular flexibility index (Phi) is 6.58. The first-order valence-corrected chi connectivity index (χ1v) is 13.6. The summed E-state index contributed by atoms with van der Waals surface area (Å²) in [7, 11) is 1.74. The Morgan fingerprint density at radius 1 is 1.10 bits per heavy atom. The minimum absolute atomic E-state index is 0.0575. The number of aryl methyl sites for hydroxylation is 1. The summed E-state index contributed by atoms with van der Waals surface area (Å²) < 4.78 is 8.95. The molecule has 2 aliphatic rings. The molecule has 1 aromatic carbocycles. The molecule has 2 bridgehead atoms. The van der Waals surface area contributed by atoms with Crippen LogP contribution in [-0.2, 0) is 24.9 Å². The van der Waals surface area contributed by atoms with Crippen LogP contribution in [0, 0.1) is 16.7 Å².